The van der Waals surface area contributed by atoms with Gasteiger partial charge in [0.2, 0.25) is 11.8 Å². The first kappa shape index (κ1) is 25.1. The van der Waals surface area contributed by atoms with Gasteiger partial charge in [0, 0.05) is 71.0 Å². The van der Waals surface area contributed by atoms with Crippen LogP contribution in [-0.4, -0.2) is 115 Å². The van der Waals surface area contributed by atoms with Gasteiger partial charge in [-0.2, -0.15) is 0 Å². The maximum Gasteiger partial charge on any atom is 0.308 e. The number of carboxylic acids is 1. The Morgan fingerprint density at radius 2 is 1.52 bits per heavy atom. The third kappa shape index (κ3) is 7.25. The number of hydrogen-bond acceptors (Lipinski definition) is 6. The molecule has 0 saturated carbocycles. The van der Waals surface area contributed by atoms with Gasteiger partial charge in [-0.25, -0.2) is 0 Å². The number of carboxylic acid groups (broad SMARTS) is 1. The molecule has 0 aliphatic carbocycles. The van der Waals surface area contributed by atoms with Crippen molar-refractivity contribution in [1.82, 2.24) is 19.6 Å². The smallest absolute Gasteiger partial charge is 0.308 e. The number of carbonyl (C=O) groups excluding carboxylic acids is 2. The van der Waals surface area contributed by atoms with Crippen LogP contribution in [0.5, 0.6) is 0 Å². The Morgan fingerprint density at radius 1 is 0.939 bits per heavy atom. The van der Waals surface area contributed by atoms with E-state index in [0.29, 0.717) is 26.2 Å². The number of piperazine rings is 2. The number of para-hydroxylation sites is 1. The third-order valence-corrected chi connectivity index (χ3v) is 6.68. The number of aryl methyl sites for hydroxylation is 2. The van der Waals surface area contributed by atoms with Crippen LogP contribution in [-0.2, 0) is 14.4 Å². The van der Waals surface area contributed by atoms with Gasteiger partial charge in [-0.05, 0) is 32.0 Å². The molecular weight excluding hydrogens is 422 g/mol. The maximum absolute atomic E-state index is 12.6. The number of rotatable bonds is 8. The highest BCUT2D eigenvalue weighted by atomic mass is 16.4. The predicted octanol–water partition coefficient (Wildman–Crippen LogP) is 0.724. The van der Waals surface area contributed by atoms with Crippen molar-refractivity contribution in [3.05, 3.63) is 29.3 Å². The number of aliphatic carboxylic acids is 1. The number of hydrogen-bond donors (Lipinski definition) is 2. The van der Waals surface area contributed by atoms with Crippen LogP contribution >= 0.6 is 0 Å². The molecule has 2 amide bonds. The fraction of sp³-hybridized carbons (Fsp3) is 0.625. The molecule has 2 aliphatic heterocycles. The third-order valence-electron chi connectivity index (χ3n) is 6.68. The molecule has 1 aromatic rings. The highest BCUT2D eigenvalue weighted by molar-refractivity contribution is 5.94. The number of nitrogens with zero attached hydrogens (tertiary/aromatic N) is 4. The molecule has 1 atom stereocenters. The minimum atomic E-state index is -0.959. The molecule has 0 bridgehead atoms. The van der Waals surface area contributed by atoms with E-state index in [-0.39, 0.29) is 18.2 Å². The molecule has 33 heavy (non-hydrogen) atoms. The van der Waals surface area contributed by atoms with Gasteiger partial charge in [-0.15, -0.1) is 0 Å². The van der Waals surface area contributed by atoms with E-state index in [9.17, 15) is 19.5 Å². The highest BCUT2D eigenvalue weighted by Crippen LogP contribution is 2.20. The Kier molecular flexibility index (Phi) is 8.82. The van der Waals surface area contributed by atoms with Gasteiger partial charge in [0.1, 0.15) is 0 Å². The molecule has 2 fully saturated rings. The lowest BCUT2D eigenvalue weighted by Gasteiger charge is -2.37. The molecule has 0 unspecified atom stereocenters. The maximum atomic E-state index is 12.6. The summed E-state index contributed by atoms with van der Waals surface area (Å²) in [6, 6.07) is 5.77. The molecule has 3 rings (SSSR count). The molecule has 0 spiro atoms. The Bertz CT molecular complexity index is 825. The quantitative estimate of drug-likeness (QED) is 0.592. The van der Waals surface area contributed by atoms with Gasteiger partial charge in [-0.3, -0.25) is 24.2 Å². The average Bonchev–Trinajstić information content (AvgIpc) is 2.77. The van der Waals surface area contributed by atoms with Gasteiger partial charge in [0.05, 0.1) is 12.5 Å². The van der Waals surface area contributed by atoms with Gasteiger partial charge < -0.3 is 20.2 Å². The van der Waals surface area contributed by atoms with Crippen molar-refractivity contribution in [1.29, 1.82) is 0 Å². The van der Waals surface area contributed by atoms with Crippen molar-refractivity contribution in [2.24, 2.45) is 5.92 Å². The summed E-state index contributed by atoms with van der Waals surface area (Å²) >= 11 is 0. The second-order valence-corrected chi connectivity index (χ2v) is 9.32. The zero-order chi connectivity index (χ0) is 24.0. The molecule has 2 heterocycles. The lowest BCUT2D eigenvalue weighted by atomic mass is 10.0. The van der Waals surface area contributed by atoms with Crippen LogP contribution in [0.3, 0.4) is 0 Å². The molecule has 2 aliphatic rings. The average molecular weight is 460 g/mol. The molecule has 9 heteroatoms. The number of amides is 2. The summed E-state index contributed by atoms with van der Waals surface area (Å²) in [6.45, 7) is 10.8. The molecule has 0 radical (unpaired) electrons. The van der Waals surface area contributed by atoms with Crippen molar-refractivity contribution >= 4 is 23.5 Å². The summed E-state index contributed by atoms with van der Waals surface area (Å²) in [5, 5.41) is 12.6. The topological polar surface area (TPSA) is 96.4 Å². The van der Waals surface area contributed by atoms with Crippen LogP contribution in [0.1, 0.15) is 17.5 Å². The van der Waals surface area contributed by atoms with Crippen molar-refractivity contribution in [2.75, 3.05) is 77.8 Å². The summed E-state index contributed by atoms with van der Waals surface area (Å²) in [4.78, 5) is 45.4. The summed E-state index contributed by atoms with van der Waals surface area (Å²) in [6.07, 6.45) is -0.0643. The molecule has 2 saturated heterocycles. The van der Waals surface area contributed by atoms with Gasteiger partial charge in [-0.1, -0.05) is 18.2 Å². The minimum absolute atomic E-state index is 0.0643. The van der Waals surface area contributed by atoms with Gasteiger partial charge in [0.15, 0.2) is 0 Å². The number of anilines is 1. The van der Waals surface area contributed by atoms with Gasteiger partial charge in [0.25, 0.3) is 0 Å². The van der Waals surface area contributed by atoms with Gasteiger partial charge >= 0.3 is 5.97 Å². The van der Waals surface area contributed by atoms with E-state index in [1.807, 2.05) is 36.9 Å². The Balaban J connectivity index is 1.45. The molecule has 0 aromatic heterocycles. The van der Waals surface area contributed by atoms with Crippen molar-refractivity contribution in [3.8, 4) is 0 Å². The zero-order valence-electron chi connectivity index (χ0n) is 20.0. The van der Waals surface area contributed by atoms with Crippen LogP contribution in [0.15, 0.2) is 18.2 Å². The Labute approximate surface area is 196 Å². The molecule has 1 aromatic carbocycles. The fourth-order valence-corrected chi connectivity index (χ4v) is 4.44. The number of likely N-dealkylation sites (N-methyl/N-ethyl adjacent to an activating group) is 1. The van der Waals surface area contributed by atoms with Crippen molar-refractivity contribution in [3.63, 3.8) is 0 Å². The lowest BCUT2D eigenvalue weighted by molar-refractivity contribution is -0.144. The number of nitrogens with one attached hydrogen (secondary N) is 1. The number of benzene rings is 1. The van der Waals surface area contributed by atoms with E-state index in [0.717, 1.165) is 56.1 Å². The molecule has 182 valence electrons. The largest absolute Gasteiger partial charge is 0.481 e. The number of carbonyl (C=O) groups is 3. The SMILES string of the molecule is Cc1cccc(C)c1NC(=O)C[C@@H](CN1CCN(CC(=O)N2CCN(C)CC2)CC1)C(=O)O. The monoisotopic (exact) mass is 459 g/mol. The second kappa shape index (κ2) is 11.6. The zero-order valence-corrected chi connectivity index (χ0v) is 20.0. The second-order valence-electron chi connectivity index (χ2n) is 9.32. The first-order valence-electron chi connectivity index (χ1n) is 11.7. The van der Waals surface area contributed by atoms with Crippen molar-refractivity contribution in [2.45, 2.75) is 20.3 Å². The lowest BCUT2D eigenvalue weighted by Crippen LogP contribution is -2.53. The molecule has 2 N–H and O–H groups in total. The standard InChI is InChI=1S/C24H37N5O4/c1-18-5-4-6-19(2)23(18)25-21(30)15-20(24(32)33)16-27-9-11-28(12-10-27)17-22(31)29-13-7-26(3)8-14-29/h4-6,20H,7-17H2,1-3H3,(H,25,30)(H,32,33)/t20-/m0/s1. The normalized spacial score (nSPS) is 19.3. The molecule has 9 nitrogen and oxygen atoms in total. The summed E-state index contributed by atoms with van der Waals surface area (Å²) in [5.41, 5.74) is 2.67. The Hall–Kier alpha value is -2.49. The predicted molar refractivity (Wildman–Crippen MR) is 127 cm³/mol. The summed E-state index contributed by atoms with van der Waals surface area (Å²) < 4.78 is 0. The van der Waals surface area contributed by atoms with E-state index < -0.39 is 11.9 Å². The van der Waals surface area contributed by atoms with Crippen molar-refractivity contribution < 1.29 is 19.5 Å². The van der Waals surface area contributed by atoms with Crippen LogP contribution in [0, 0.1) is 19.8 Å². The fourth-order valence-electron chi connectivity index (χ4n) is 4.44. The van der Waals surface area contributed by atoms with E-state index in [2.05, 4.69) is 27.1 Å². The van der Waals surface area contributed by atoms with Crippen LogP contribution in [0.25, 0.3) is 0 Å². The van der Waals surface area contributed by atoms with Crippen LogP contribution < -0.4 is 5.32 Å². The van der Waals surface area contributed by atoms with E-state index in [4.69, 9.17) is 0 Å². The first-order valence-corrected chi connectivity index (χ1v) is 11.7. The minimum Gasteiger partial charge on any atom is -0.481 e. The van der Waals surface area contributed by atoms with E-state index >= 15 is 0 Å². The summed E-state index contributed by atoms with van der Waals surface area (Å²) in [7, 11) is 2.07. The first-order chi connectivity index (χ1) is 15.7. The van der Waals surface area contributed by atoms with Crippen LogP contribution in [0.4, 0.5) is 5.69 Å². The van der Waals surface area contributed by atoms with E-state index in [1.54, 1.807) is 0 Å². The Morgan fingerprint density at radius 3 is 2.09 bits per heavy atom. The summed E-state index contributed by atoms with van der Waals surface area (Å²) in [5.74, 6) is -1.84. The van der Waals surface area contributed by atoms with Crippen LogP contribution in [0.2, 0.25) is 0 Å². The highest BCUT2D eigenvalue weighted by Gasteiger charge is 2.28. The van der Waals surface area contributed by atoms with E-state index in [1.165, 1.54) is 0 Å². The molecular formula is C24H37N5O4.